The Morgan fingerprint density at radius 3 is 2.56 bits per heavy atom. The highest BCUT2D eigenvalue weighted by Crippen LogP contribution is 2.40. The number of hydrogen-bond acceptors (Lipinski definition) is 4. The van der Waals surface area contributed by atoms with Crippen molar-refractivity contribution in [1.82, 2.24) is 15.1 Å². The number of carbonyl (C=O) groups is 1. The first-order chi connectivity index (χ1) is 16.9. The molecule has 9 heteroatoms. The Balaban J connectivity index is 1.92. The number of alkyl halides is 2. The van der Waals surface area contributed by atoms with Crippen molar-refractivity contribution in [3.8, 4) is 17.0 Å². The molecule has 1 heterocycles. The predicted molar refractivity (Wildman–Crippen MR) is 138 cm³/mol. The van der Waals surface area contributed by atoms with Crippen molar-refractivity contribution >= 4 is 17.5 Å². The van der Waals surface area contributed by atoms with Gasteiger partial charge >= 0.3 is 6.61 Å². The van der Waals surface area contributed by atoms with Crippen LogP contribution in [0.5, 0.6) is 5.75 Å². The van der Waals surface area contributed by atoms with Crippen LogP contribution in [0.4, 0.5) is 8.78 Å². The number of aromatic nitrogens is 2. The molecule has 0 atom stereocenters. The second-order valence-corrected chi connectivity index (χ2v) is 11.7. The zero-order chi connectivity index (χ0) is 26.7. The first-order valence-electron chi connectivity index (χ1n) is 12.6. The third-order valence-electron chi connectivity index (χ3n) is 6.96. The summed E-state index contributed by atoms with van der Waals surface area (Å²) in [4.78, 5) is 13.1. The van der Waals surface area contributed by atoms with E-state index in [0.29, 0.717) is 36.7 Å². The van der Waals surface area contributed by atoms with E-state index in [1.807, 2.05) is 13.0 Å². The standard InChI is InChI=1S/C27H38ClF2N3O3/c1-6-33-23(19-8-7-18(14-26(3,4)5)13-20(19)36-25(29)30)21(28)22(32-33)24(35)31-15-27(16-34)11-9-17(2)10-12-27/h7-8,13,17,25,34H,6,9-12,14-16H2,1-5H3,(H,31,35). The van der Waals surface area contributed by atoms with Crippen LogP contribution in [0.2, 0.25) is 5.02 Å². The molecule has 0 spiro atoms. The number of nitrogens with one attached hydrogen (secondary N) is 1. The number of rotatable bonds is 9. The maximum Gasteiger partial charge on any atom is 0.387 e. The van der Waals surface area contributed by atoms with Crippen molar-refractivity contribution < 1.29 is 23.4 Å². The number of hydrogen-bond donors (Lipinski definition) is 2. The van der Waals surface area contributed by atoms with Gasteiger partial charge in [0.2, 0.25) is 0 Å². The summed E-state index contributed by atoms with van der Waals surface area (Å²) in [5, 5.41) is 17.4. The number of aliphatic hydroxyl groups excluding tert-OH is 1. The monoisotopic (exact) mass is 525 g/mol. The van der Waals surface area contributed by atoms with Crippen LogP contribution < -0.4 is 10.1 Å². The van der Waals surface area contributed by atoms with Gasteiger partial charge in [0.25, 0.3) is 5.91 Å². The summed E-state index contributed by atoms with van der Waals surface area (Å²) in [6, 6.07) is 5.15. The largest absolute Gasteiger partial charge is 0.434 e. The van der Waals surface area contributed by atoms with Gasteiger partial charge in [-0.05, 0) is 55.2 Å². The summed E-state index contributed by atoms with van der Waals surface area (Å²) in [6.45, 7) is 7.91. The Morgan fingerprint density at radius 2 is 2.00 bits per heavy atom. The van der Waals surface area contributed by atoms with Crippen LogP contribution in [-0.4, -0.2) is 40.6 Å². The van der Waals surface area contributed by atoms with E-state index in [-0.39, 0.29) is 33.9 Å². The fraction of sp³-hybridized carbons (Fsp3) is 0.630. The van der Waals surface area contributed by atoms with Crippen molar-refractivity contribution in [2.75, 3.05) is 13.2 Å². The quantitative estimate of drug-likeness (QED) is 0.401. The zero-order valence-corrected chi connectivity index (χ0v) is 22.6. The van der Waals surface area contributed by atoms with E-state index in [0.717, 1.165) is 31.2 Å². The lowest BCUT2D eigenvalue weighted by Crippen LogP contribution is -2.42. The lowest BCUT2D eigenvalue weighted by molar-refractivity contribution is -0.0495. The van der Waals surface area contributed by atoms with Crippen LogP contribution in [0.1, 0.15) is 76.4 Å². The molecule has 2 N–H and O–H groups in total. The van der Waals surface area contributed by atoms with Gasteiger partial charge in [-0.1, -0.05) is 58.2 Å². The molecule has 1 aliphatic rings. The van der Waals surface area contributed by atoms with Crippen molar-refractivity contribution in [2.24, 2.45) is 16.7 Å². The Morgan fingerprint density at radius 1 is 1.33 bits per heavy atom. The van der Waals surface area contributed by atoms with Crippen LogP contribution in [0.15, 0.2) is 18.2 Å². The lowest BCUT2D eigenvalue weighted by Gasteiger charge is -2.38. The number of nitrogens with zero attached hydrogens (tertiary/aromatic N) is 2. The van der Waals surface area contributed by atoms with Gasteiger partial charge in [-0.3, -0.25) is 9.48 Å². The van der Waals surface area contributed by atoms with Crippen molar-refractivity contribution in [2.45, 2.75) is 79.9 Å². The molecule has 1 aromatic heterocycles. The number of carbonyl (C=O) groups excluding carboxylic acids is 1. The number of halogens is 3. The van der Waals surface area contributed by atoms with Crippen LogP contribution in [0.3, 0.4) is 0 Å². The average molecular weight is 526 g/mol. The Bertz CT molecular complexity index is 1060. The first kappa shape index (κ1) is 28.4. The molecule has 1 amide bonds. The second kappa shape index (κ2) is 11.5. The first-order valence-corrected chi connectivity index (χ1v) is 13.0. The number of aryl methyl sites for hydroxylation is 1. The molecule has 2 aromatic rings. The highest BCUT2D eigenvalue weighted by molar-refractivity contribution is 6.36. The third-order valence-corrected chi connectivity index (χ3v) is 7.31. The van der Waals surface area contributed by atoms with Gasteiger partial charge < -0.3 is 15.2 Å². The maximum absolute atomic E-state index is 13.3. The molecule has 200 valence electrons. The summed E-state index contributed by atoms with van der Waals surface area (Å²) in [7, 11) is 0. The molecule has 3 rings (SSSR count). The van der Waals surface area contributed by atoms with Gasteiger partial charge in [-0.2, -0.15) is 13.9 Å². The van der Waals surface area contributed by atoms with Gasteiger partial charge in [-0.25, -0.2) is 0 Å². The van der Waals surface area contributed by atoms with Gasteiger partial charge in [0.1, 0.15) is 5.75 Å². The minimum absolute atomic E-state index is 0.00236. The minimum Gasteiger partial charge on any atom is -0.434 e. The van der Waals surface area contributed by atoms with Crippen molar-refractivity contribution in [3.63, 3.8) is 0 Å². The predicted octanol–water partition coefficient (Wildman–Crippen LogP) is 6.33. The minimum atomic E-state index is -3.01. The summed E-state index contributed by atoms with van der Waals surface area (Å²) in [5.74, 6) is 0.142. The molecule has 0 aliphatic heterocycles. The van der Waals surface area contributed by atoms with E-state index in [1.54, 1.807) is 12.1 Å². The Labute approximate surface area is 217 Å². The number of aliphatic hydroxyl groups is 1. The summed E-state index contributed by atoms with van der Waals surface area (Å²) in [6.07, 6.45) is 4.35. The maximum atomic E-state index is 13.3. The van der Waals surface area contributed by atoms with E-state index in [1.165, 1.54) is 4.68 Å². The van der Waals surface area contributed by atoms with Gasteiger partial charge in [0.15, 0.2) is 5.69 Å². The molecule has 1 saturated carbocycles. The average Bonchev–Trinajstić information content (AvgIpc) is 3.14. The van der Waals surface area contributed by atoms with Gasteiger partial charge in [-0.15, -0.1) is 0 Å². The van der Waals surface area contributed by atoms with Crippen molar-refractivity contribution in [3.05, 3.63) is 34.5 Å². The molecule has 1 aliphatic carbocycles. The summed E-state index contributed by atoms with van der Waals surface area (Å²) >= 11 is 6.67. The van der Waals surface area contributed by atoms with E-state index < -0.39 is 12.5 Å². The van der Waals surface area contributed by atoms with Crippen LogP contribution >= 0.6 is 11.6 Å². The highest BCUT2D eigenvalue weighted by Gasteiger charge is 2.35. The Hall–Kier alpha value is -2.19. The van der Waals surface area contributed by atoms with E-state index in [2.05, 4.69) is 38.1 Å². The molecule has 1 aromatic carbocycles. The molecule has 0 unspecified atom stereocenters. The number of ether oxygens (including phenoxy) is 1. The lowest BCUT2D eigenvalue weighted by atomic mass is 9.71. The molecule has 0 saturated heterocycles. The number of amides is 1. The van der Waals surface area contributed by atoms with Gasteiger partial charge in [0.05, 0.1) is 17.3 Å². The van der Waals surface area contributed by atoms with Crippen LogP contribution in [0, 0.1) is 16.7 Å². The second-order valence-electron chi connectivity index (χ2n) is 11.3. The van der Waals surface area contributed by atoms with Crippen molar-refractivity contribution in [1.29, 1.82) is 0 Å². The van der Waals surface area contributed by atoms with E-state index in [9.17, 15) is 18.7 Å². The normalized spacial score (nSPS) is 20.6. The SMILES string of the molecule is CCn1nc(C(=O)NCC2(CO)CCC(C)CC2)c(Cl)c1-c1ccc(CC(C)(C)C)cc1OC(F)F. The zero-order valence-electron chi connectivity index (χ0n) is 21.8. The molecule has 1 fully saturated rings. The van der Waals surface area contributed by atoms with Gasteiger partial charge in [0, 0.05) is 24.1 Å². The molecule has 0 radical (unpaired) electrons. The topological polar surface area (TPSA) is 76.4 Å². The molecule has 0 bridgehead atoms. The summed E-state index contributed by atoms with van der Waals surface area (Å²) < 4.78 is 33.0. The number of benzene rings is 1. The third kappa shape index (κ3) is 6.76. The molecule has 36 heavy (non-hydrogen) atoms. The molecular formula is C27H38ClF2N3O3. The highest BCUT2D eigenvalue weighted by atomic mass is 35.5. The fourth-order valence-electron chi connectivity index (χ4n) is 4.87. The van der Waals surface area contributed by atoms with E-state index in [4.69, 9.17) is 16.3 Å². The smallest absolute Gasteiger partial charge is 0.387 e. The van der Waals surface area contributed by atoms with E-state index >= 15 is 0 Å². The molecular weight excluding hydrogens is 488 g/mol. The Kier molecular flexibility index (Phi) is 9.04. The fourth-order valence-corrected chi connectivity index (χ4v) is 5.19. The van der Waals surface area contributed by atoms with Crippen LogP contribution in [-0.2, 0) is 13.0 Å². The molecule has 6 nitrogen and oxygen atoms in total. The van der Waals surface area contributed by atoms with Crippen LogP contribution in [0.25, 0.3) is 11.3 Å². The summed E-state index contributed by atoms with van der Waals surface area (Å²) in [5.41, 5.74) is 1.18.